The first kappa shape index (κ1) is 20.5. The van der Waals surface area contributed by atoms with Gasteiger partial charge in [-0.15, -0.1) is 0 Å². The van der Waals surface area contributed by atoms with Crippen LogP contribution in [0.15, 0.2) is 27.7 Å². The van der Waals surface area contributed by atoms with Crippen molar-refractivity contribution in [1.82, 2.24) is 20.7 Å². The second kappa shape index (κ2) is 10.4. The number of nitrogens with zero attached hydrogens (tertiary/aromatic N) is 3. The second-order valence-electron chi connectivity index (χ2n) is 7.31. The van der Waals surface area contributed by atoms with Crippen LogP contribution in [0, 0.1) is 0 Å². The minimum absolute atomic E-state index is 0.456. The molecule has 1 aromatic heterocycles. The van der Waals surface area contributed by atoms with Crippen molar-refractivity contribution in [3.63, 3.8) is 0 Å². The Labute approximate surface area is 158 Å². The molecular formula is C20H35N5O. The van der Waals surface area contributed by atoms with Gasteiger partial charge in [0.2, 0.25) is 0 Å². The van der Waals surface area contributed by atoms with Gasteiger partial charge in [-0.3, -0.25) is 9.89 Å². The summed E-state index contributed by atoms with van der Waals surface area (Å²) in [6.45, 7) is 14.3. The van der Waals surface area contributed by atoms with Crippen LogP contribution < -0.4 is 10.6 Å². The number of hydrogen-bond acceptors (Lipinski definition) is 4. The monoisotopic (exact) mass is 361 g/mol. The molecule has 1 aromatic rings. The molecule has 0 bridgehead atoms. The molecule has 0 atom stereocenters. The molecule has 2 heterocycles. The molecular weight excluding hydrogens is 326 g/mol. The molecule has 2 N–H and O–H groups in total. The fraction of sp³-hybridized carbons (Fsp3) is 0.700. The van der Waals surface area contributed by atoms with Crippen molar-refractivity contribution < 1.29 is 4.52 Å². The van der Waals surface area contributed by atoms with E-state index in [0.717, 1.165) is 62.7 Å². The summed E-state index contributed by atoms with van der Waals surface area (Å²) in [5.41, 5.74) is 2.29. The van der Waals surface area contributed by atoms with Gasteiger partial charge < -0.3 is 15.2 Å². The first-order valence-corrected chi connectivity index (χ1v) is 9.85. The molecule has 146 valence electrons. The molecule has 6 nitrogen and oxygen atoms in total. The predicted octanol–water partition coefficient (Wildman–Crippen LogP) is 3.28. The summed E-state index contributed by atoms with van der Waals surface area (Å²) in [5, 5.41) is 11.1. The summed E-state index contributed by atoms with van der Waals surface area (Å²) in [6, 6.07) is 2.52. The van der Waals surface area contributed by atoms with E-state index in [1.165, 1.54) is 5.57 Å². The second-order valence-corrected chi connectivity index (χ2v) is 7.31. The molecule has 0 aliphatic carbocycles. The van der Waals surface area contributed by atoms with Gasteiger partial charge in [0.1, 0.15) is 0 Å². The van der Waals surface area contributed by atoms with E-state index in [1.54, 1.807) is 0 Å². The van der Waals surface area contributed by atoms with Crippen molar-refractivity contribution in [3.05, 3.63) is 29.7 Å². The summed E-state index contributed by atoms with van der Waals surface area (Å²) >= 11 is 0. The maximum Gasteiger partial charge on any atom is 0.191 e. The van der Waals surface area contributed by atoms with Crippen LogP contribution in [-0.4, -0.2) is 48.7 Å². The Morgan fingerprint density at radius 1 is 1.38 bits per heavy atom. The number of hydrogen-bond donors (Lipinski definition) is 2. The highest BCUT2D eigenvalue weighted by atomic mass is 16.5. The summed E-state index contributed by atoms with van der Waals surface area (Å²) in [6.07, 6.45) is 4.41. The molecule has 0 aromatic carbocycles. The number of aromatic nitrogens is 1. The molecule has 0 spiro atoms. The third-order valence-electron chi connectivity index (χ3n) is 5.06. The van der Waals surface area contributed by atoms with E-state index in [9.17, 15) is 0 Å². The lowest BCUT2D eigenvalue weighted by Crippen LogP contribution is -2.48. The topological polar surface area (TPSA) is 65.7 Å². The van der Waals surface area contributed by atoms with E-state index in [2.05, 4.69) is 59.1 Å². The lowest BCUT2D eigenvalue weighted by atomic mass is 9.99. The van der Waals surface area contributed by atoms with Crippen LogP contribution in [0.1, 0.15) is 63.8 Å². The molecule has 6 heteroatoms. The average molecular weight is 362 g/mol. The SMILES string of the molecule is C=C(C)CN1CCC(NC(=NC)NCc2cc(C(CC)CC)no2)CC1. The summed E-state index contributed by atoms with van der Waals surface area (Å²) in [5.74, 6) is 2.16. The molecule has 0 radical (unpaired) electrons. The number of likely N-dealkylation sites (tertiary alicyclic amines) is 1. The van der Waals surface area contributed by atoms with Crippen molar-refractivity contribution in [2.45, 2.75) is 65.0 Å². The molecule has 1 aliphatic rings. The van der Waals surface area contributed by atoms with E-state index in [-0.39, 0.29) is 0 Å². The molecule has 1 aliphatic heterocycles. The Morgan fingerprint density at radius 2 is 2.08 bits per heavy atom. The van der Waals surface area contributed by atoms with Gasteiger partial charge in [0.25, 0.3) is 0 Å². The quantitative estimate of drug-likeness (QED) is 0.423. The van der Waals surface area contributed by atoms with E-state index < -0.39 is 0 Å². The lowest BCUT2D eigenvalue weighted by molar-refractivity contribution is 0.221. The van der Waals surface area contributed by atoms with E-state index in [0.29, 0.717) is 18.5 Å². The lowest BCUT2D eigenvalue weighted by Gasteiger charge is -2.33. The number of piperidine rings is 1. The fourth-order valence-corrected chi connectivity index (χ4v) is 3.49. The highest BCUT2D eigenvalue weighted by Gasteiger charge is 2.20. The Bertz CT molecular complexity index is 583. The van der Waals surface area contributed by atoms with E-state index in [4.69, 9.17) is 4.52 Å². The normalized spacial score (nSPS) is 16.9. The first-order valence-electron chi connectivity index (χ1n) is 9.85. The first-order chi connectivity index (χ1) is 12.5. The molecule has 26 heavy (non-hydrogen) atoms. The molecule has 1 saturated heterocycles. The van der Waals surface area contributed by atoms with Crippen molar-refractivity contribution in [2.24, 2.45) is 4.99 Å². The number of aliphatic imine (C=N–C) groups is 1. The van der Waals surface area contributed by atoms with Crippen LogP contribution in [0.4, 0.5) is 0 Å². The van der Waals surface area contributed by atoms with Crippen LogP contribution in [0.5, 0.6) is 0 Å². The van der Waals surface area contributed by atoms with Gasteiger partial charge >= 0.3 is 0 Å². The van der Waals surface area contributed by atoms with Crippen LogP contribution in [-0.2, 0) is 6.54 Å². The highest BCUT2D eigenvalue weighted by Crippen LogP contribution is 2.22. The molecule has 2 rings (SSSR count). The summed E-state index contributed by atoms with van der Waals surface area (Å²) < 4.78 is 5.47. The van der Waals surface area contributed by atoms with Gasteiger partial charge in [-0.25, -0.2) is 0 Å². The van der Waals surface area contributed by atoms with Crippen LogP contribution in [0.2, 0.25) is 0 Å². The zero-order valence-corrected chi connectivity index (χ0v) is 16.8. The highest BCUT2D eigenvalue weighted by molar-refractivity contribution is 5.79. The van der Waals surface area contributed by atoms with Crippen molar-refractivity contribution in [1.29, 1.82) is 0 Å². The standard InChI is InChI=1S/C20H35N5O/c1-6-16(7-2)19-12-18(26-24-19)13-22-20(21-5)23-17-8-10-25(11-9-17)14-15(3)4/h12,16-17H,3,6-11,13-14H2,1-2,4-5H3,(H2,21,22,23). The van der Waals surface area contributed by atoms with Crippen LogP contribution >= 0.6 is 0 Å². The van der Waals surface area contributed by atoms with Crippen LogP contribution in [0.3, 0.4) is 0 Å². The Hall–Kier alpha value is -1.82. The Kier molecular flexibility index (Phi) is 8.16. The largest absolute Gasteiger partial charge is 0.359 e. The van der Waals surface area contributed by atoms with Gasteiger partial charge in [-0.05, 0) is 32.6 Å². The average Bonchev–Trinajstić information content (AvgIpc) is 3.09. The Balaban J connectivity index is 1.77. The minimum atomic E-state index is 0.456. The third-order valence-corrected chi connectivity index (χ3v) is 5.06. The molecule has 1 fully saturated rings. The Morgan fingerprint density at radius 3 is 2.65 bits per heavy atom. The number of rotatable bonds is 8. The van der Waals surface area contributed by atoms with Crippen molar-refractivity contribution in [3.8, 4) is 0 Å². The molecule has 0 unspecified atom stereocenters. The number of nitrogens with one attached hydrogen (secondary N) is 2. The van der Waals surface area contributed by atoms with Gasteiger partial charge in [0.15, 0.2) is 11.7 Å². The van der Waals surface area contributed by atoms with Crippen molar-refractivity contribution in [2.75, 3.05) is 26.7 Å². The van der Waals surface area contributed by atoms with Gasteiger partial charge in [0.05, 0.1) is 12.2 Å². The predicted molar refractivity (Wildman–Crippen MR) is 107 cm³/mol. The molecule has 0 amide bonds. The van der Waals surface area contributed by atoms with E-state index >= 15 is 0 Å². The molecule has 0 saturated carbocycles. The summed E-state index contributed by atoms with van der Waals surface area (Å²) in [4.78, 5) is 6.81. The fourth-order valence-electron chi connectivity index (χ4n) is 3.49. The van der Waals surface area contributed by atoms with Gasteiger partial charge in [0, 0.05) is 44.7 Å². The van der Waals surface area contributed by atoms with Gasteiger partial charge in [-0.2, -0.15) is 0 Å². The zero-order valence-electron chi connectivity index (χ0n) is 16.8. The third kappa shape index (κ3) is 6.16. The van der Waals surface area contributed by atoms with Crippen LogP contribution in [0.25, 0.3) is 0 Å². The maximum atomic E-state index is 5.47. The smallest absolute Gasteiger partial charge is 0.191 e. The minimum Gasteiger partial charge on any atom is -0.359 e. The maximum absolute atomic E-state index is 5.47. The van der Waals surface area contributed by atoms with Gasteiger partial charge in [-0.1, -0.05) is 31.2 Å². The zero-order chi connectivity index (χ0) is 18.9. The summed E-state index contributed by atoms with van der Waals surface area (Å²) in [7, 11) is 1.81. The number of guanidine groups is 1. The van der Waals surface area contributed by atoms with E-state index in [1.807, 2.05) is 7.05 Å². The van der Waals surface area contributed by atoms with Crippen molar-refractivity contribution >= 4 is 5.96 Å².